The molecule has 0 aliphatic carbocycles. The van der Waals surface area contributed by atoms with Crippen LogP contribution in [0.25, 0.3) is 11.4 Å². The maximum atomic E-state index is 12.5. The number of hydrogen-bond donors (Lipinski definition) is 0. The molecule has 0 bridgehead atoms. The van der Waals surface area contributed by atoms with E-state index in [-0.39, 0.29) is 12.5 Å². The molecule has 0 spiro atoms. The molecule has 1 amide bonds. The number of carbonyl (C=O) groups is 1. The third kappa shape index (κ3) is 2.96. The zero-order chi connectivity index (χ0) is 17.4. The van der Waals surface area contributed by atoms with Gasteiger partial charge in [-0.15, -0.1) is 0 Å². The van der Waals surface area contributed by atoms with E-state index >= 15 is 0 Å². The highest BCUT2D eigenvalue weighted by atomic mass is 35.5. The van der Waals surface area contributed by atoms with E-state index in [2.05, 4.69) is 10.1 Å². The minimum atomic E-state index is -0.565. The zero-order valence-electron chi connectivity index (χ0n) is 13.3. The summed E-state index contributed by atoms with van der Waals surface area (Å²) in [5.41, 5.74) is 1.44. The Morgan fingerprint density at radius 1 is 1.20 bits per heavy atom. The molecule has 1 aliphatic rings. The number of ether oxygens (including phenoxy) is 1. The molecule has 0 fully saturated rings. The summed E-state index contributed by atoms with van der Waals surface area (Å²) in [6, 6.07) is 14.6. The third-order valence-corrected chi connectivity index (χ3v) is 4.15. The number of aromatic nitrogens is 2. The molecule has 1 aliphatic heterocycles. The standard InChI is InChI=1S/C18H14ClN3O3/c1-11-18(23)22(14-7-2-3-8-15(14)24-11)10-16-20-17(21-25-16)12-5-4-6-13(19)9-12/h2-9,11H,10H2,1H3. The SMILES string of the molecule is CC1Oc2ccccc2N(Cc2nc(-c3cccc(Cl)c3)no2)C1=O. The van der Waals surface area contributed by atoms with Gasteiger partial charge in [0.15, 0.2) is 6.10 Å². The molecule has 1 aromatic heterocycles. The molecule has 0 saturated carbocycles. The van der Waals surface area contributed by atoms with Gasteiger partial charge in [-0.1, -0.05) is 41.0 Å². The van der Waals surface area contributed by atoms with Crippen molar-refractivity contribution in [2.45, 2.75) is 19.6 Å². The van der Waals surface area contributed by atoms with Crippen LogP contribution in [-0.2, 0) is 11.3 Å². The third-order valence-electron chi connectivity index (χ3n) is 3.92. The Morgan fingerprint density at radius 2 is 2.04 bits per heavy atom. The molecule has 7 heteroatoms. The maximum Gasteiger partial charge on any atom is 0.268 e. The fourth-order valence-corrected chi connectivity index (χ4v) is 2.91. The number of nitrogens with zero attached hydrogens (tertiary/aromatic N) is 3. The van der Waals surface area contributed by atoms with Crippen molar-refractivity contribution in [2.24, 2.45) is 0 Å². The average molecular weight is 356 g/mol. The van der Waals surface area contributed by atoms with Gasteiger partial charge < -0.3 is 9.26 Å². The van der Waals surface area contributed by atoms with Gasteiger partial charge in [-0.2, -0.15) is 4.98 Å². The van der Waals surface area contributed by atoms with E-state index in [1.54, 1.807) is 24.0 Å². The molecule has 6 nitrogen and oxygen atoms in total. The van der Waals surface area contributed by atoms with Crippen molar-refractivity contribution < 1.29 is 14.1 Å². The van der Waals surface area contributed by atoms with E-state index < -0.39 is 6.10 Å². The number of carbonyl (C=O) groups excluding carboxylic acids is 1. The number of hydrogen-bond acceptors (Lipinski definition) is 5. The second-order valence-electron chi connectivity index (χ2n) is 5.67. The Morgan fingerprint density at radius 3 is 2.88 bits per heavy atom. The number of rotatable bonds is 3. The van der Waals surface area contributed by atoms with Crippen LogP contribution < -0.4 is 9.64 Å². The number of anilines is 1. The Bertz CT molecular complexity index is 941. The molecule has 0 radical (unpaired) electrons. The van der Waals surface area contributed by atoms with E-state index in [4.69, 9.17) is 20.9 Å². The highest BCUT2D eigenvalue weighted by Gasteiger charge is 2.32. The van der Waals surface area contributed by atoms with Gasteiger partial charge in [-0.3, -0.25) is 9.69 Å². The van der Waals surface area contributed by atoms with Crippen LogP contribution in [0.15, 0.2) is 53.1 Å². The molecule has 1 atom stereocenters. The second-order valence-corrected chi connectivity index (χ2v) is 6.11. The molecular weight excluding hydrogens is 342 g/mol. The second kappa shape index (κ2) is 6.22. The summed E-state index contributed by atoms with van der Waals surface area (Å²) in [6.07, 6.45) is -0.565. The lowest BCUT2D eigenvalue weighted by molar-refractivity contribution is -0.125. The first-order valence-corrected chi connectivity index (χ1v) is 8.15. The number of halogens is 1. The number of amides is 1. The summed E-state index contributed by atoms with van der Waals surface area (Å²) in [6.45, 7) is 1.90. The highest BCUT2D eigenvalue weighted by Crippen LogP contribution is 2.34. The molecular formula is C18H14ClN3O3. The lowest BCUT2D eigenvalue weighted by Gasteiger charge is -2.31. The van der Waals surface area contributed by atoms with E-state index in [0.717, 1.165) is 5.56 Å². The predicted molar refractivity (Wildman–Crippen MR) is 92.5 cm³/mol. The molecule has 2 aromatic carbocycles. The van der Waals surface area contributed by atoms with Gasteiger partial charge >= 0.3 is 0 Å². The summed E-state index contributed by atoms with van der Waals surface area (Å²) < 4.78 is 10.9. The van der Waals surface area contributed by atoms with Gasteiger partial charge in [-0.05, 0) is 31.2 Å². The quantitative estimate of drug-likeness (QED) is 0.716. The van der Waals surface area contributed by atoms with Gasteiger partial charge in [0.2, 0.25) is 11.7 Å². The van der Waals surface area contributed by atoms with Crippen molar-refractivity contribution in [3.63, 3.8) is 0 Å². The molecule has 4 rings (SSSR count). The average Bonchev–Trinajstić information content (AvgIpc) is 3.08. The molecule has 126 valence electrons. The van der Waals surface area contributed by atoms with Crippen LogP contribution in [0.1, 0.15) is 12.8 Å². The molecule has 3 aromatic rings. The van der Waals surface area contributed by atoms with Gasteiger partial charge in [0.05, 0.1) is 5.69 Å². The predicted octanol–water partition coefficient (Wildman–Crippen LogP) is 3.70. The van der Waals surface area contributed by atoms with Gasteiger partial charge in [-0.25, -0.2) is 0 Å². The maximum absolute atomic E-state index is 12.5. The first-order valence-electron chi connectivity index (χ1n) is 7.77. The van der Waals surface area contributed by atoms with Crippen LogP contribution in [0, 0.1) is 0 Å². The fraction of sp³-hybridized carbons (Fsp3) is 0.167. The molecule has 1 unspecified atom stereocenters. The van der Waals surface area contributed by atoms with E-state index in [0.29, 0.717) is 28.2 Å². The summed E-state index contributed by atoms with van der Waals surface area (Å²) in [7, 11) is 0. The van der Waals surface area contributed by atoms with Crippen molar-refractivity contribution in [2.75, 3.05) is 4.90 Å². The van der Waals surface area contributed by atoms with Crippen molar-refractivity contribution in [1.29, 1.82) is 0 Å². The lowest BCUT2D eigenvalue weighted by atomic mass is 10.2. The van der Waals surface area contributed by atoms with Gasteiger partial charge in [0.1, 0.15) is 12.3 Å². The summed E-state index contributed by atoms with van der Waals surface area (Å²) >= 11 is 6.00. The van der Waals surface area contributed by atoms with Gasteiger partial charge in [0, 0.05) is 10.6 Å². The van der Waals surface area contributed by atoms with Crippen LogP contribution >= 0.6 is 11.6 Å². The molecule has 2 heterocycles. The number of para-hydroxylation sites is 2. The highest BCUT2D eigenvalue weighted by molar-refractivity contribution is 6.30. The fourth-order valence-electron chi connectivity index (χ4n) is 2.72. The van der Waals surface area contributed by atoms with Crippen LogP contribution in [-0.4, -0.2) is 22.2 Å². The van der Waals surface area contributed by atoms with E-state index in [1.165, 1.54) is 0 Å². The molecule has 0 N–H and O–H groups in total. The smallest absolute Gasteiger partial charge is 0.268 e. The molecule has 25 heavy (non-hydrogen) atoms. The first-order chi connectivity index (χ1) is 12.1. The largest absolute Gasteiger partial charge is 0.479 e. The van der Waals surface area contributed by atoms with E-state index in [9.17, 15) is 4.79 Å². The van der Waals surface area contributed by atoms with Crippen molar-refractivity contribution in [3.05, 3.63) is 59.4 Å². The topological polar surface area (TPSA) is 68.5 Å². The summed E-state index contributed by atoms with van der Waals surface area (Å²) in [4.78, 5) is 18.5. The van der Waals surface area contributed by atoms with Crippen LogP contribution in [0.5, 0.6) is 5.75 Å². The van der Waals surface area contributed by atoms with Crippen molar-refractivity contribution in [1.82, 2.24) is 10.1 Å². The van der Waals surface area contributed by atoms with Crippen molar-refractivity contribution >= 4 is 23.2 Å². The Balaban J connectivity index is 1.63. The van der Waals surface area contributed by atoms with Gasteiger partial charge in [0.25, 0.3) is 5.91 Å². The Hall–Kier alpha value is -2.86. The normalized spacial score (nSPS) is 16.5. The minimum Gasteiger partial charge on any atom is -0.479 e. The number of fused-ring (bicyclic) bond motifs is 1. The minimum absolute atomic E-state index is 0.152. The Labute approximate surface area is 149 Å². The summed E-state index contributed by atoms with van der Waals surface area (Å²) in [5.74, 6) is 1.28. The summed E-state index contributed by atoms with van der Waals surface area (Å²) in [5, 5.41) is 4.57. The zero-order valence-corrected chi connectivity index (χ0v) is 14.1. The van der Waals surface area contributed by atoms with Crippen LogP contribution in [0.2, 0.25) is 5.02 Å². The monoisotopic (exact) mass is 355 g/mol. The van der Waals surface area contributed by atoms with E-state index in [1.807, 2.05) is 36.4 Å². The van der Waals surface area contributed by atoms with Crippen LogP contribution in [0.4, 0.5) is 5.69 Å². The van der Waals surface area contributed by atoms with Crippen LogP contribution in [0.3, 0.4) is 0 Å². The van der Waals surface area contributed by atoms with Crippen molar-refractivity contribution in [3.8, 4) is 17.1 Å². The lowest BCUT2D eigenvalue weighted by Crippen LogP contribution is -2.44. The first kappa shape index (κ1) is 15.7. The Kier molecular flexibility index (Phi) is 3.89. The molecule has 0 saturated heterocycles. The number of benzene rings is 2.